The van der Waals surface area contributed by atoms with Crippen LogP contribution in [-0.4, -0.2) is 9.97 Å². The highest BCUT2D eigenvalue weighted by molar-refractivity contribution is 5.35. The lowest BCUT2D eigenvalue weighted by molar-refractivity contribution is 0.900. The standard InChI is InChI=1S/C16H22N4/c1-4-13-9-18-16(20-15(13)8-17)19-10-14-6-5-11(2)7-12(14)3/h5-7,9H,4,8,10,17H2,1-3H3,(H,18,19,20). The molecule has 0 unspecified atom stereocenters. The van der Waals surface area contributed by atoms with Gasteiger partial charge in [-0.15, -0.1) is 0 Å². The normalized spacial score (nSPS) is 10.6. The van der Waals surface area contributed by atoms with Gasteiger partial charge in [-0.3, -0.25) is 0 Å². The molecule has 0 fully saturated rings. The summed E-state index contributed by atoms with van der Waals surface area (Å²) in [6.45, 7) is 7.48. The van der Waals surface area contributed by atoms with E-state index in [0.717, 1.165) is 24.2 Å². The molecule has 0 spiro atoms. The molecule has 2 rings (SSSR count). The maximum atomic E-state index is 5.73. The molecule has 0 aliphatic heterocycles. The van der Waals surface area contributed by atoms with Crippen molar-refractivity contribution in [3.8, 4) is 0 Å². The fourth-order valence-corrected chi connectivity index (χ4v) is 2.22. The summed E-state index contributed by atoms with van der Waals surface area (Å²) in [5, 5.41) is 3.27. The summed E-state index contributed by atoms with van der Waals surface area (Å²) in [7, 11) is 0. The van der Waals surface area contributed by atoms with Gasteiger partial charge in [0.15, 0.2) is 0 Å². The predicted octanol–water partition coefficient (Wildman–Crippen LogP) is 2.73. The Kier molecular flexibility index (Phi) is 4.69. The zero-order valence-electron chi connectivity index (χ0n) is 12.4. The van der Waals surface area contributed by atoms with Gasteiger partial charge in [-0.05, 0) is 37.0 Å². The van der Waals surface area contributed by atoms with Crippen LogP contribution in [0.5, 0.6) is 0 Å². The number of anilines is 1. The van der Waals surface area contributed by atoms with E-state index in [9.17, 15) is 0 Å². The van der Waals surface area contributed by atoms with Gasteiger partial charge >= 0.3 is 0 Å². The lowest BCUT2D eigenvalue weighted by Crippen LogP contribution is -2.10. The molecule has 20 heavy (non-hydrogen) atoms. The highest BCUT2D eigenvalue weighted by Gasteiger charge is 2.05. The number of benzene rings is 1. The van der Waals surface area contributed by atoms with Crippen molar-refractivity contribution < 1.29 is 0 Å². The van der Waals surface area contributed by atoms with Crippen molar-refractivity contribution in [3.05, 3.63) is 52.3 Å². The molecule has 4 nitrogen and oxygen atoms in total. The van der Waals surface area contributed by atoms with Crippen LogP contribution in [0.1, 0.15) is 34.9 Å². The van der Waals surface area contributed by atoms with Crippen molar-refractivity contribution in [1.82, 2.24) is 9.97 Å². The van der Waals surface area contributed by atoms with E-state index in [1.54, 1.807) is 0 Å². The summed E-state index contributed by atoms with van der Waals surface area (Å²) in [4.78, 5) is 8.82. The molecule has 0 saturated heterocycles. The van der Waals surface area contributed by atoms with Crippen molar-refractivity contribution in [3.63, 3.8) is 0 Å². The molecule has 1 aromatic carbocycles. The Labute approximate surface area is 120 Å². The van der Waals surface area contributed by atoms with Crippen molar-refractivity contribution in [2.45, 2.75) is 40.3 Å². The molecule has 0 saturated carbocycles. The van der Waals surface area contributed by atoms with Crippen molar-refractivity contribution in [2.24, 2.45) is 5.73 Å². The largest absolute Gasteiger partial charge is 0.350 e. The number of rotatable bonds is 5. The van der Waals surface area contributed by atoms with Gasteiger partial charge in [0.2, 0.25) is 5.95 Å². The van der Waals surface area contributed by atoms with E-state index in [0.29, 0.717) is 12.5 Å². The third kappa shape index (κ3) is 3.33. The summed E-state index contributed by atoms with van der Waals surface area (Å²) in [6.07, 6.45) is 2.77. The van der Waals surface area contributed by atoms with E-state index < -0.39 is 0 Å². The first kappa shape index (κ1) is 14.5. The third-order valence-corrected chi connectivity index (χ3v) is 3.46. The summed E-state index contributed by atoms with van der Waals surface area (Å²) < 4.78 is 0. The molecule has 106 valence electrons. The quantitative estimate of drug-likeness (QED) is 0.877. The van der Waals surface area contributed by atoms with Crippen LogP contribution in [0.15, 0.2) is 24.4 Å². The molecule has 2 aromatic rings. The molecule has 1 heterocycles. The maximum Gasteiger partial charge on any atom is 0.223 e. The fraction of sp³-hybridized carbons (Fsp3) is 0.375. The number of hydrogen-bond acceptors (Lipinski definition) is 4. The number of nitrogens with zero attached hydrogens (tertiary/aromatic N) is 2. The summed E-state index contributed by atoms with van der Waals surface area (Å²) in [6, 6.07) is 6.45. The Balaban J connectivity index is 2.10. The molecule has 4 heteroatoms. The molecule has 0 atom stereocenters. The van der Waals surface area contributed by atoms with Crippen LogP contribution in [-0.2, 0) is 19.5 Å². The van der Waals surface area contributed by atoms with Gasteiger partial charge in [-0.25, -0.2) is 9.97 Å². The highest BCUT2D eigenvalue weighted by atomic mass is 15.1. The topological polar surface area (TPSA) is 63.8 Å². The second kappa shape index (κ2) is 6.48. The van der Waals surface area contributed by atoms with Crippen LogP contribution in [0.3, 0.4) is 0 Å². The Morgan fingerprint density at radius 2 is 2.00 bits per heavy atom. The van der Waals surface area contributed by atoms with Gasteiger partial charge in [0, 0.05) is 19.3 Å². The minimum Gasteiger partial charge on any atom is -0.350 e. The van der Waals surface area contributed by atoms with Crippen LogP contribution < -0.4 is 11.1 Å². The Morgan fingerprint density at radius 3 is 2.65 bits per heavy atom. The van der Waals surface area contributed by atoms with Crippen molar-refractivity contribution in [1.29, 1.82) is 0 Å². The van der Waals surface area contributed by atoms with Gasteiger partial charge in [0.05, 0.1) is 5.69 Å². The van der Waals surface area contributed by atoms with E-state index in [1.807, 2.05) is 6.20 Å². The predicted molar refractivity (Wildman–Crippen MR) is 82.5 cm³/mol. The van der Waals surface area contributed by atoms with Gasteiger partial charge in [0.1, 0.15) is 0 Å². The molecule has 0 bridgehead atoms. The minimum atomic E-state index is 0.448. The first-order valence-corrected chi connectivity index (χ1v) is 6.99. The van der Waals surface area contributed by atoms with Gasteiger partial charge in [-0.1, -0.05) is 30.7 Å². The van der Waals surface area contributed by atoms with Crippen LogP contribution in [0, 0.1) is 13.8 Å². The second-order valence-corrected chi connectivity index (χ2v) is 5.01. The van der Waals surface area contributed by atoms with Crippen LogP contribution in [0.25, 0.3) is 0 Å². The van der Waals surface area contributed by atoms with Gasteiger partial charge < -0.3 is 11.1 Å². The van der Waals surface area contributed by atoms with E-state index in [-0.39, 0.29) is 0 Å². The summed E-state index contributed by atoms with van der Waals surface area (Å²) in [5.41, 5.74) is 11.6. The van der Waals surface area contributed by atoms with E-state index in [1.165, 1.54) is 16.7 Å². The second-order valence-electron chi connectivity index (χ2n) is 5.01. The Morgan fingerprint density at radius 1 is 1.20 bits per heavy atom. The fourth-order valence-electron chi connectivity index (χ4n) is 2.22. The molecule has 1 aromatic heterocycles. The van der Waals surface area contributed by atoms with Gasteiger partial charge in [-0.2, -0.15) is 0 Å². The molecular formula is C16H22N4. The molecular weight excluding hydrogens is 248 g/mol. The van der Waals surface area contributed by atoms with Crippen LogP contribution in [0.4, 0.5) is 5.95 Å². The first-order chi connectivity index (χ1) is 9.63. The first-order valence-electron chi connectivity index (χ1n) is 6.99. The van der Waals surface area contributed by atoms with Crippen LogP contribution in [0.2, 0.25) is 0 Å². The molecule has 0 radical (unpaired) electrons. The van der Waals surface area contributed by atoms with E-state index in [2.05, 4.69) is 54.3 Å². The molecule has 0 aliphatic carbocycles. The average Bonchev–Trinajstić information content (AvgIpc) is 2.46. The Hall–Kier alpha value is -1.94. The van der Waals surface area contributed by atoms with Gasteiger partial charge in [0.25, 0.3) is 0 Å². The third-order valence-electron chi connectivity index (χ3n) is 3.46. The smallest absolute Gasteiger partial charge is 0.223 e. The zero-order valence-corrected chi connectivity index (χ0v) is 12.4. The monoisotopic (exact) mass is 270 g/mol. The number of nitrogens with two attached hydrogens (primary N) is 1. The molecule has 0 aliphatic rings. The lowest BCUT2D eigenvalue weighted by atomic mass is 10.1. The average molecular weight is 270 g/mol. The number of aryl methyl sites for hydroxylation is 3. The van der Waals surface area contributed by atoms with Crippen LogP contribution >= 0.6 is 0 Å². The lowest BCUT2D eigenvalue weighted by Gasteiger charge is -2.10. The Bertz CT molecular complexity index is 593. The van der Waals surface area contributed by atoms with E-state index in [4.69, 9.17) is 5.73 Å². The molecule has 3 N–H and O–H groups in total. The summed E-state index contributed by atoms with van der Waals surface area (Å²) in [5.74, 6) is 0.641. The number of nitrogens with one attached hydrogen (secondary N) is 1. The maximum absolute atomic E-state index is 5.73. The zero-order chi connectivity index (χ0) is 14.5. The minimum absolute atomic E-state index is 0.448. The highest BCUT2D eigenvalue weighted by Crippen LogP contribution is 2.13. The number of aromatic nitrogens is 2. The summed E-state index contributed by atoms with van der Waals surface area (Å²) >= 11 is 0. The SMILES string of the molecule is CCc1cnc(NCc2ccc(C)cc2C)nc1CN. The number of hydrogen-bond donors (Lipinski definition) is 2. The molecule has 0 amide bonds. The van der Waals surface area contributed by atoms with E-state index >= 15 is 0 Å². The van der Waals surface area contributed by atoms with Crippen molar-refractivity contribution in [2.75, 3.05) is 5.32 Å². The van der Waals surface area contributed by atoms with Crippen molar-refractivity contribution >= 4 is 5.95 Å².